The second kappa shape index (κ2) is 3.42. The number of hydrogen-bond acceptors (Lipinski definition) is 1. The number of pyridine rings is 1. The highest BCUT2D eigenvalue weighted by Crippen LogP contribution is 2.24. The average Bonchev–Trinajstić information content (AvgIpc) is 2.12. The third-order valence-electron chi connectivity index (χ3n) is 1.79. The van der Waals surface area contributed by atoms with E-state index < -0.39 is 0 Å². The van der Waals surface area contributed by atoms with E-state index in [0.717, 1.165) is 18.9 Å². The number of aromatic amines is 1. The summed E-state index contributed by atoms with van der Waals surface area (Å²) < 4.78 is 2.05. The summed E-state index contributed by atoms with van der Waals surface area (Å²) in [6.07, 6.45) is 0. The fourth-order valence-corrected chi connectivity index (χ4v) is 2.25. The zero-order valence-electron chi connectivity index (χ0n) is 6.47. The number of fused-ring (bicyclic) bond motifs is 1. The monoisotopic (exact) mass is 349 g/mol. The molecule has 0 aliphatic carbocycles. The summed E-state index contributed by atoms with van der Waals surface area (Å²) in [4.78, 5) is 13.9. The van der Waals surface area contributed by atoms with E-state index in [9.17, 15) is 4.79 Å². The quantitative estimate of drug-likeness (QED) is 0.729. The predicted molar refractivity (Wildman–Crippen MR) is 65.0 cm³/mol. The van der Waals surface area contributed by atoms with E-state index in [4.69, 9.17) is 0 Å². The van der Waals surface area contributed by atoms with Crippen LogP contribution in [0.4, 0.5) is 0 Å². The zero-order chi connectivity index (χ0) is 9.42. The Morgan fingerprint density at radius 1 is 1.23 bits per heavy atom. The SMILES string of the molecule is O=c1ccc2c(Br)ccc(I)c2[nH]1. The lowest BCUT2D eigenvalue weighted by Crippen LogP contribution is -2.03. The van der Waals surface area contributed by atoms with Crippen molar-refractivity contribution in [3.05, 3.63) is 42.7 Å². The van der Waals surface area contributed by atoms with E-state index >= 15 is 0 Å². The molecule has 0 saturated carbocycles. The Morgan fingerprint density at radius 3 is 2.77 bits per heavy atom. The Labute approximate surface area is 96.6 Å². The number of benzene rings is 1. The van der Waals surface area contributed by atoms with Gasteiger partial charge in [-0.2, -0.15) is 0 Å². The van der Waals surface area contributed by atoms with Crippen LogP contribution in [0.2, 0.25) is 0 Å². The summed E-state index contributed by atoms with van der Waals surface area (Å²) in [5, 5.41) is 1.03. The Morgan fingerprint density at radius 2 is 2.00 bits per heavy atom. The van der Waals surface area contributed by atoms with E-state index in [1.54, 1.807) is 0 Å². The smallest absolute Gasteiger partial charge is 0.248 e. The van der Waals surface area contributed by atoms with Crippen LogP contribution in [0.15, 0.2) is 33.5 Å². The molecule has 0 saturated heterocycles. The normalized spacial score (nSPS) is 10.6. The Bertz CT molecular complexity index is 520. The summed E-state index contributed by atoms with van der Waals surface area (Å²) >= 11 is 5.63. The molecule has 66 valence electrons. The van der Waals surface area contributed by atoms with Gasteiger partial charge >= 0.3 is 0 Å². The molecule has 1 N–H and O–H groups in total. The molecule has 13 heavy (non-hydrogen) atoms. The van der Waals surface area contributed by atoms with Gasteiger partial charge in [0, 0.05) is 19.5 Å². The first-order chi connectivity index (χ1) is 6.18. The van der Waals surface area contributed by atoms with Crippen LogP contribution in [0, 0.1) is 3.57 Å². The Kier molecular flexibility index (Phi) is 2.42. The van der Waals surface area contributed by atoms with Gasteiger partial charge in [0.25, 0.3) is 0 Å². The number of nitrogens with one attached hydrogen (secondary N) is 1. The van der Waals surface area contributed by atoms with Crippen LogP contribution in [0.5, 0.6) is 0 Å². The fourth-order valence-electron chi connectivity index (χ4n) is 1.18. The van der Waals surface area contributed by atoms with Crippen LogP contribution in [0.1, 0.15) is 0 Å². The molecule has 0 bridgehead atoms. The second-order valence-corrected chi connectivity index (χ2v) is 4.66. The van der Waals surface area contributed by atoms with Crippen molar-refractivity contribution in [1.29, 1.82) is 0 Å². The molecule has 0 aliphatic heterocycles. The maximum absolute atomic E-state index is 11.1. The number of hydrogen-bond donors (Lipinski definition) is 1. The summed E-state index contributed by atoms with van der Waals surface area (Å²) in [6, 6.07) is 7.29. The van der Waals surface area contributed by atoms with Gasteiger partial charge in [-0.3, -0.25) is 4.79 Å². The second-order valence-electron chi connectivity index (χ2n) is 2.64. The van der Waals surface area contributed by atoms with Gasteiger partial charge in [-0.1, -0.05) is 15.9 Å². The average molecular weight is 350 g/mol. The van der Waals surface area contributed by atoms with Gasteiger partial charge in [-0.25, -0.2) is 0 Å². The molecule has 0 radical (unpaired) electrons. The van der Waals surface area contributed by atoms with Crippen molar-refractivity contribution in [3.8, 4) is 0 Å². The molecular weight excluding hydrogens is 345 g/mol. The number of halogens is 2. The molecule has 0 fully saturated rings. The molecule has 1 aromatic heterocycles. The minimum atomic E-state index is -0.0662. The molecule has 0 spiro atoms. The Hall–Kier alpha value is -0.360. The van der Waals surface area contributed by atoms with Gasteiger partial charge in [-0.15, -0.1) is 0 Å². The maximum Gasteiger partial charge on any atom is 0.248 e. The van der Waals surface area contributed by atoms with Crippen molar-refractivity contribution >= 4 is 49.4 Å². The van der Waals surface area contributed by atoms with E-state index in [2.05, 4.69) is 43.5 Å². The van der Waals surface area contributed by atoms with Crippen LogP contribution < -0.4 is 5.56 Å². The molecule has 0 amide bonds. The van der Waals surface area contributed by atoms with E-state index in [1.807, 2.05) is 18.2 Å². The van der Waals surface area contributed by atoms with E-state index in [1.165, 1.54) is 6.07 Å². The first-order valence-corrected chi connectivity index (χ1v) is 5.53. The topological polar surface area (TPSA) is 32.9 Å². The molecule has 2 rings (SSSR count). The van der Waals surface area contributed by atoms with Gasteiger partial charge in [0.2, 0.25) is 5.56 Å². The first-order valence-electron chi connectivity index (χ1n) is 3.65. The van der Waals surface area contributed by atoms with Crippen molar-refractivity contribution in [3.63, 3.8) is 0 Å². The molecule has 2 nitrogen and oxygen atoms in total. The molecule has 2 aromatic rings. The zero-order valence-corrected chi connectivity index (χ0v) is 10.2. The molecule has 1 aromatic carbocycles. The number of rotatable bonds is 0. The van der Waals surface area contributed by atoms with Crippen molar-refractivity contribution in [1.82, 2.24) is 4.98 Å². The standard InChI is InChI=1S/C9H5BrINO/c10-6-2-3-7(11)9-5(6)1-4-8(13)12-9/h1-4H,(H,12,13). The van der Waals surface area contributed by atoms with Crippen molar-refractivity contribution < 1.29 is 0 Å². The lowest BCUT2D eigenvalue weighted by atomic mass is 10.2. The van der Waals surface area contributed by atoms with Crippen LogP contribution in [-0.2, 0) is 0 Å². The molecule has 1 heterocycles. The van der Waals surface area contributed by atoms with Gasteiger partial charge in [-0.05, 0) is 40.8 Å². The minimum absolute atomic E-state index is 0.0662. The van der Waals surface area contributed by atoms with Crippen LogP contribution in [0.3, 0.4) is 0 Å². The Balaban J connectivity index is 3.00. The van der Waals surface area contributed by atoms with Crippen LogP contribution >= 0.6 is 38.5 Å². The molecule has 0 atom stereocenters. The van der Waals surface area contributed by atoms with Gasteiger partial charge < -0.3 is 4.98 Å². The summed E-state index contributed by atoms with van der Waals surface area (Å²) in [7, 11) is 0. The summed E-state index contributed by atoms with van der Waals surface area (Å²) in [5.41, 5.74) is 0.825. The third-order valence-corrected chi connectivity index (χ3v) is 3.38. The summed E-state index contributed by atoms with van der Waals surface area (Å²) in [5.74, 6) is 0. The van der Waals surface area contributed by atoms with Gasteiger partial charge in [0.1, 0.15) is 0 Å². The molecule has 0 unspecified atom stereocenters. The van der Waals surface area contributed by atoms with Crippen molar-refractivity contribution in [2.24, 2.45) is 0 Å². The highest BCUT2D eigenvalue weighted by atomic mass is 127. The summed E-state index contributed by atoms with van der Waals surface area (Å²) in [6.45, 7) is 0. The number of H-pyrrole nitrogens is 1. The van der Waals surface area contributed by atoms with Crippen LogP contribution in [0.25, 0.3) is 10.9 Å². The van der Waals surface area contributed by atoms with Crippen LogP contribution in [-0.4, -0.2) is 4.98 Å². The largest absolute Gasteiger partial charge is 0.321 e. The number of aromatic nitrogens is 1. The lowest BCUT2D eigenvalue weighted by Gasteiger charge is -2.01. The molecule has 4 heteroatoms. The molecule has 0 aliphatic rings. The fraction of sp³-hybridized carbons (Fsp3) is 0. The van der Waals surface area contributed by atoms with Crippen molar-refractivity contribution in [2.75, 3.05) is 0 Å². The van der Waals surface area contributed by atoms with E-state index in [0.29, 0.717) is 0 Å². The van der Waals surface area contributed by atoms with Crippen molar-refractivity contribution in [2.45, 2.75) is 0 Å². The maximum atomic E-state index is 11.1. The molecular formula is C9H5BrINO. The minimum Gasteiger partial charge on any atom is -0.321 e. The first kappa shape index (κ1) is 9.21. The predicted octanol–water partition coefficient (Wildman–Crippen LogP) is 2.90. The highest BCUT2D eigenvalue weighted by Gasteiger charge is 2.02. The lowest BCUT2D eigenvalue weighted by molar-refractivity contribution is 1.30. The van der Waals surface area contributed by atoms with Gasteiger partial charge in [0.05, 0.1) is 5.52 Å². The third kappa shape index (κ3) is 1.65. The van der Waals surface area contributed by atoms with E-state index in [-0.39, 0.29) is 5.56 Å². The van der Waals surface area contributed by atoms with Gasteiger partial charge in [0.15, 0.2) is 0 Å². The highest BCUT2D eigenvalue weighted by molar-refractivity contribution is 14.1.